The molecular weight excluding hydrogens is 262 g/mol. The largest absolute Gasteiger partial charge is 0.508 e. The highest BCUT2D eigenvalue weighted by Crippen LogP contribution is 2.24. The fraction of sp³-hybridized carbons (Fsp3) is 0.462. The van der Waals surface area contributed by atoms with E-state index in [1.165, 1.54) is 18.2 Å². The molecule has 0 aromatic heterocycles. The van der Waals surface area contributed by atoms with Crippen LogP contribution in [0.1, 0.15) is 0 Å². The van der Waals surface area contributed by atoms with Gasteiger partial charge in [0.25, 0.3) is 0 Å². The number of nitrogens with one attached hydrogen (secondary N) is 1. The van der Waals surface area contributed by atoms with E-state index >= 15 is 0 Å². The lowest BCUT2D eigenvalue weighted by Gasteiger charge is -2.34. The second-order valence-electron chi connectivity index (χ2n) is 4.72. The molecule has 0 atom stereocenters. The van der Waals surface area contributed by atoms with Crippen molar-refractivity contribution in [1.29, 1.82) is 0 Å². The summed E-state index contributed by atoms with van der Waals surface area (Å²) >= 11 is 0. The van der Waals surface area contributed by atoms with Crippen molar-refractivity contribution in [3.05, 3.63) is 18.2 Å². The van der Waals surface area contributed by atoms with Gasteiger partial charge in [-0.05, 0) is 0 Å². The van der Waals surface area contributed by atoms with Gasteiger partial charge in [-0.2, -0.15) is 0 Å². The number of benzene rings is 1. The van der Waals surface area contributed by atoms with E-state index in [-0.39, 0.29) is 24.1 Å². The predicted molar refractivity (Wildman–Crippen MR) is 73.9 cm³/mol. The summed E-state index contributed by atoms with van der Waals surface area (Å²) in [6.07, 6.45) is 0. The summed E-state index contributed by atoms with van der Waals surface area (Å²) in [5.41, 5.74) is 0.352. The third kappa shape index (κ3) is 3.75. The van der Waals surface area contributed by atoms with E-state index in [2.05, 4.69) is 10.2 Å². The van der Waals surface area contributed by atoms with Crippen LogP contribution in [-0.2, 0) is 0 Å². The minimum atomic E-state index is -0.265. The first kappa shape index (κ1) is 14.4. The Balaban J connectivity index is 1.89. The van der Waals surface area contributed by atoms with Crippen LogP contribution >= 0.6 is 0 Å². The number of urea groups is 1. The minimum Gasteiger partial charge on any atom is -0.508 e. The van der Waals surface area contributed by atoms with Gasteiger partial charge in [0.15, 0.2) is 0 Å². The van der Waals surface area contributed by atoms with E-state index in [4.69, 9.17) is 5.11 Å². The molecule has 20 heavy (non-hydrogen) atoms. The van der Waals surface area contributed by atoms with Crippen molar-refractivity contribution in [1.82, 2.24) is 9.80 Å². The average molecular weight is 281 g/mol. The van der Waals surface area contributed by atoms with Gasteiger partial charge in [0, 0.05) is 56.6 Å². The molecular formula is C13H19N3O4. The van der Waals surface area contributed by atoms with Crippen molar-refractivity contribution >= 4 is 11.7 Å². The number of hydrogen-bond donors (Lipinski definition) is 4. The number of piperazine rings is 1. The van der Waals surface area contributed by atoms with E-state index in [1.54, 1.807) is 4.90 Å². The maximum atomic E-state index is 12.0. The fourth-order valence-electron chi connectivity index (χ4n) is 2.19. The van der Waals surface area contributed by atoms with Crippen molar-refractivity contribution in [2.45, 2.75) is 0 Å². The van der Waals surface area contributed by atoms with Crippen LogP contribution < -0.4 is 5.32 Å². The Morgan fingerprint density at radius 3 is 2.25 bits per heavy atom. The quantitative estimate of drug-likeness (QED) is 0.636. The number of β-amino-alcohol motifs (C(OH)–C–C–N with tert-alkyl or cyclic N) is 1. The zero-order valence-corrected chi connectivity index (χ0v) is 11.1. The number of anilines is 1. The molecule has 1 fully saturated rings. The second-order valence-corrected chi connectivity index (χ2v) is 4.72. The molecule has 1 aromatic carbocycles. The normalized spacial score (nSPS) is 16.1. The van der Waals surface area contributed by atoms with Gasteiger partial charge in [-0.3, -0.25) is 4.90 Å². The molecule has 7 heteroatoms. The molecule has 1 aromatic rings. The molecule has 0 bridgehead atoms. The van der Waals surface area contributed by atoms with E-state index < -0.39 is 0 Å². The molecule has 2 amide bonds. The number of nitrogens with zero attached hydrogens (tertiary/aromatic N) is 2. The number of rotatable bonds is 3. The van der Waals surface area contributed by atoms with Gasteiger partial charge in [-0.1, -0.05) is 0 Å². The molecule has 1 saturated heterocycles. The number of aromatic hydroxyl groups is 2. The zero-order valence-electron chi connectivity index (χ0n) is 11.1. The summed E-state index contributed by atoms with van der Waals surface area (Å²) in [6.45, 7) is 3.34. The molecule has 4 N–H and O–H groups in total. The average Bonchev–Trinajstić information content (AvgIpc) is 2.38. The summed E-state index contributed by atoms with van der Waals surface area (Å²) in [5, 5.41) is 30.2. The van der Waals surface area contributed by atoms with Crippen molar-refractivity contribution in [2.24, 2.45) is 0 Å². The van der Waals surface area contributed by atoms with Crippen LogP contribution in [0, 0.1) is 0 Å². The van der Waals surface area contributed by atoms with Crippen molar-refractivity contribution in [2.75, 3.05) is 44.6 Å². The highest BCUT2D eigenvalue weighted by atomic mass is 16.3. The number of phenolic OH excluding ortho intramolecular Hbond substituents is 2. The predicted octanol–water partition coefficient (Wildman–Crippen LogP) is 0.240. The highest BCUT2D eigenvalue weighted by molar-refractivity contribution is 5.89. The SMILES string of the molecule is O=C(Nc1cc(O)cc(O)c1)N1CCN(CCO)CC1. The molecule has 0 unspecified atom stereocenters. The number of hydrogen-bond acceptors (Lipinski definition) is 5. The Kier molecular flexibility index (Phi) is 4.65. The number of carbonyl (C=O) groups excluding carboxylic acids is 1. The Bertz CT molecular complexity index is 452. The summed E-state index contributed by atoms with van der Waals surface area (Å²) in [4.78, 5) is 15.8. The second kappa shape index (κ2) is 6.44. The molecule has 0 radical (unpaired) electrons. The van der Waals surface area contributed by atoms with Gasteiger partial charge in [-0.25, -0.2) is 4.79 Å². The Morgan fingerprint density at radius 2 is 1.70 bits per heavy atom. The van der Waals surface area contributed by atoms with Gasteiger partial charge in [0.2, 0.25) is 0 Å². The fourth-order valence-corrected chi connectivity index (χ4v) is 2.19. The first-order valence-corrected chi connectivity index (χ1v) is 6.50. The van der Waals surface area contributed by atoms with Crippen LogP contribution in [0.4, 0.5) is 10.5 Å². The topological polar surface area (TPSA) is 96.3 Å². The molecule has 110 valence electrons. The first-order chi connectivity index (χ1) is 9.58. The maximum Gasteiger partial charge on any atom is 0.321 e. The molecule has 1 aliphatic rings. The molecule has 0 saturated carbocycles. The third-order valence-corrected chi connectivity index (χ3v) is 3.23. The third-order valence-electron chi connectivity index (χ3n) is 3.23. The molecule has 7 nitrogen and oxygen atoms in total. The smallest absolute Gasteiger partial charge is 0.321 e. The number of aliphatic hydroxyl groups excluding tert-OH is 1. The number of amides is 2. The summed E-state index contributed by atoms with van der Waals surface area (Å²) in [5.74, 6) is -0.207. The van der Waals surface area contributed by atoms with E-state index in [1.807, 2.05) is 0 Å². The van der Waals surface area contributed by atoms with Crippen LogP contribution in [0.3, 0.4) is 0 Å². The highest BCUT2D eigenvalue weighted by Gasteiger charge is 2.20. The number of phenols is 2. The number of aliphatic hydroxyl groups is 1. The Hall–Kier alpha value is -1.99. The van der Waals surface area contributed by atoms with Gasteiger partial charge >= 0.3 is 6.03 Å². The van der Waals surface area contributed by atoms with Crippen LogP contribution in [0.5, 0.6) is 11.5 Å². The summed E-state index contributed by atoms with van der Waals surface area (Å²) in [7, 11) is 0. The Labute approximate surface area is 117 Å². The zero-order chi connectivity index (χ0) is 14.5. The molecule has 0 aliphatic carbocycles. The van der Waals surface area contributed by atoms with E-state index in [0.29, 0.717) is 25.3 Å². The summed E-state index contributed by atoms with van der Waals surface area (Å²) in [6, 6.07) is 3.68. The lowest BCUT2D eigenvalue weighted by atomic mass is 10.3. The van der Waals surface area contributed by atoms with Crippen molar-refractivity contribution in [3.8, 4) is 11.5 Å². The first-order valence-electron chi connectivity index (χ1n) is 6.50. The van der Waals surface area contributed by atoms with Crippen LogP contribution in [0.2, 0.25) is 0 Å². The van der Waals surface area contributed by atoms with Crippen molar-refractivity contribution in [3.63, 3.8) is 0 Å². The van der Waals surface area contributed by atoms with Gasteiger partial charge in [-0.15, -0.1) is 0 Å². The summed E-state index contributed by atoms with van der Waals surface area (Å²) < 4.78 is 0. The molecule has 1 aliphatic heterocycles. The molecule has 1 heterocycles. The van der Waals surface area contributed by atoms with Crippen LogP contribution in [-0.4, -0.2) is 70.5 Å². The van der Waals surface area contributed by atoms with E-state index in [9.17, 15) is 15.0 Å². The standard InChI is InChI=1S/C13H19N3O4/c17-6-5-15-1-3-16(4-2-15)13(20)14-10-7-11(18)9-12(19)8-10/h7-9,17-19H,1-6H2,(H,14,20). The van der Waals surface area contributed by atoms with E-state index in [0.717, 1.165) is 13.1 Å². The van der Waals surface area contributed by atoms with Crippen LogP contribution in [0.25, 0.3) is 0 Å². The Morgan fingerprint density at radius 1 is 1.10 bits per heavy atom. The lowest BCUT2D eigenvalue weighted by molar-refractivity contribution is 0.127. The van der Waals surface area contributed by atoms with Gasteiger partial charge < -0.3 is 25.5 Å². The van der Waals surface area contributed by atoms with Crippen molar-refractivity contribution < 1.29 is 20.1 Å². The molecule has 2 rings (SSSR count). The van der Waals surface area contributed by atoms with Gasteiger partial charge in [0.1, 0.15) is 11.5 Å². The van der Waals surface area contributed by atoms with Crippen LogP contribution in [0.15, 0.2) is 18.2 Å². The maximum absolute atomic E-state index is 12.0. The lowest BCUT2D eigenvalue weighted by Crippen LogP contribution is -2.50. The number of carbonyl (C=O) groups is 1. The van der Waals surface area contributed by atoms with Gasteiger partial charge in [0.05, 0.1) is 6.61 Å². The molecule has 0 spiro atoms. The minimum absolute atomic E-state index is 0.104. The monoisotopic (exact) mass is 281 g/mol.